The lowest BCUT2D eigenvalue weighted by atomic mass is 10.2. The van der Waals surface area contributed by atoms with E-state index in [0.717, 1.165) is 11.3 Å². The first-order valence-electron chi connectivity index (χ1n) is 5.24. The average molecular weight is 242 g/mol. The number of fused-ring (bicyclic) bond motifs is 1. The van der Waals surface area contributed by atoms with Gasteiger partial charge in [0.2, 0.25) is 5.88 Å². The number of nitrogen functional groups attached to an aromatic ring is 1. The van der Waals surface area contributed by atoms with Gasteiger partial charge in [-0.15, -0.1) is 0 Å². The van der Waals surface area contributed by atoms with Gasteiger partial charge in [0.05, 0.1) is 19.0 Å². The van der Waals surface area contributed by atoms with E-state index in [-0.39, 0.29) is 0 Å². The predicted octanol–water partition coefficient (Wildman–Crippen LogP) is 0.777. The van der Waals surface area contributed by atoms with E-state index >= 15 is 0 Å². The summed E-state index contributed by atoms with van der Waals surface area (Å²) in [6, 6.07) is 3.64. The topological polar surface area (TPSA) is 91.2 Å². The van der Waals surface area contributed by atoms with E-state index in [0.29, 0.717) is 17.3 Å². The van der Waals surface area contributed by atoms with Gasteiger partial charge in [0, 0.05) is 17.8 Å². The first-order valence-corrected chi connectivity index (χ1v) is 5.24. The van der Waals surface area contributed by atoms with Gasteiger partial charge < -0.3 is 10.5 Å². The molecule has 0 fully saturated rings. The molecule has 0 aromatic carbocycles. The Kier molecular flexibility index (Phi) is 2.30. The lowest BCUT2D eigenvalue weighted by molar-refractivity contribution is 0.398. The minimum absolute atomic E-state index is 0.345. The van der Waals surface area contributed by atoms with Crippen LogP contribution in [0.4, 0.5) is 5.82 Å². The average Bonchev–Trinajstić information content (AvgIpc) is 2.89. The molecule has 3 aromatic heterocycles. The van der Waals surface area contributed by atoms with Crippen LogP contribution in [0.3, 0.4) is 0 Å². The monoisotopic (exact) mass is 242 g/mol. The normalized spacial score (nSPS) is 10.7. The lowest BCUT2D eigenvalue weighted by Crippen LogP contribution is -2.01. The van der Waals surface area contributed by atoms with E-state index in [1.165, 1.54) is 6.33 Å². The van der Waals surface area contributed by atoms with Crippen LogP contribution in [0.25, 0.3) is 16.9 Å². The molecular weight excluding hydrogens is 232 g/mol. The molecule has 7 heteroatoms. The molecule has 0 amide bonds. The van der Waals surface area contributed by atoms with Gasteiger partial charge in [0.15, 0.2) is 11.5 Å². The van der Waals surface area contributed by atoms with Gasteiger partial charge in [-0.05, 0) is 6.07 Å². The van der Waals surface area contributed by atoms with Gasteiger partial charge in [-0.25, -0.2) is 19.5 Å². The van der Waals surface area contributed by atoms with Gasteiger partial charge in [-0.1, -0.05) is 0 Å². The highest BCUT2D eigenvalue weighted by atomic mass is 16.5. The van der Waals surface area contributed by atoms with Gasteiger partial charge in [-0.2, -0.15) is 5.10 Å². The fourth-order valence-corrected chi connectivity index (χ4v) is 1.71. The largest absolute Gasteiger partial charge is 0.481 e. The van der Waals surface area contributed by atoms with E-state index < -0.39 is 0 Å². The van der Waals surface area contributed by atoms with Gasteiger partial charge in [0.25, 0.3) is 0 Å². The number of aromatic nitrogens is 5. The van der Waals surface area contributed by atoms with Crippen molar-refractivity contribution in [3.8, 4) is 17.1 Å². The second kappa shape index (κ2) is 3.95. The Morgan fingerprint density at radius 2 is 2.17 bits per heavy atom. The fraction of sp³-hybridized carbons (Fsp3) is 0.0909. The summed E-state index contributed by atoms with van der Waals surface area (Å²) < 4.78 is 6.73. The van der Waals surface area contributed by atoms with Crippen LogP contribution in [0.15, 0.2) is 30.9 Å². The minimum Gasteiger partial charge on any atom is -0.481 e. The summed E-state index contributed by atoms with van der Waals surface area (Å²) in [6.45, 7) is 0. The Hall–Kier alpha value is -2.70. The van der Waals surface area contributed by atoms with Crippen molar-refractivity contribution in [3.05, 3.63) is 30.9 Å². The zero-order chi connectivity index (χ0) is 12.5. The third-order valence-corrected chi connectivity index (χ3v) is 2.57. The molecule has 18 heavy (non-hydrogen) atoms. The SMILES string of the molecule is COc1cc(-c2cnc(N)c3ncnn23)ccn1. The van der Waals surface area contributed by atoms with Crippen LogP contribution in [0.5, 0.6) is 5.88 Å². The van der Waals surface area contributed by atoms with Crippen molar-refractivity contribution in [2.24, 2.45) is 0 Å². The molecule has 0 aliphatic rings. The highest BCUT2D eigenvalue weighted by Crippen LogP contribution is 2.22. The van der Waals surface area contributed by atoms with Crippen molar-refractivity contribution < 1.29 is 4.74 Å². The maximum absolute atomic E-state index is 5.73. The number of nitrogens with zero attached hydrogens (tertiary/aromatic N) is 5. The predicted molar refractivity (Wildman–Crippen MR) is 65.0 cm³/mol. The minimum atomic E-state index is 0.345. The van der Waals surface area contributed by atoms with Crippen LogP contribution in [0, 0.1) is 0 Å². The zero-order valence-electron chi connectivity index (χ0n) is 9.61. The molecule has 3 heterocycles. The third-order valence-electron chi connectivity index (χ3n) is 2.57. The third kappa shape index (κ3) is 1.53. The van der Waals surface area contributed by atoms with Crippen LogP contribution in [0.1, 0.15) is 0 Å². The molecule has 0 saturated heterocycles. The summed E-state index contributed by atoms with van der Waals surface area (Å²) in [5.74, 6) is 0.870. The van der Waals surface area contributed by atoms with Crippen molar-refractivity contribution in [2.75, 3.05) is 12.8 Å². The Bertz CT molecular complexity index is 708. The Morgan fingerprint density at radius 3 is 3.00 bits per heavy atom. The van der Waals surface area contributed by atoms with Crippen molar-refractivity contribution >= 4 is 11.5 Å². The molecule has 0 radical (unpaired) electrons. The van der Waals surface area contributed by atoms with Crippen LogP contribution >= 0.6 is 0 Å². The van der Waals surface area contributed by atoms with Crippen molar-refractivity contribution in [1.82, 2.24) is 24.6 Å². The Balaban J connectivity index is 2.25. The van der Waals surface area contributed by atoms with E-state index in [1.54, 1.807) is 30.1 Å². The summed E-state index contributed by atoms with van der Waals surface area (Å²) in [5.41, 5.74) is 7.92. The standard InChI is InChI=1S/C11H10N6O/c1-18-9-4-7(2-3-13-9)8-5-14-10(12)11-15-6-16-17(8)11/h2-6H,1H3,(H2,12,14). The Labute approximate surface area is 102 Å². The summed E-state index contributed by atoms with van der Waals surface area (Å²) in [5, 5.41) is 4.14. The van der Waals surface area contributed by atoms with Crippen LogP contribution in [0.2, 0.25) is 0 Å². The summed E-state index contributed by atoms with van der Waals surface area (Å²) >= 11 is 0. The second-order valence-corrected chi connectivity index (χ2v) is 3.61. The molecular formula is C11H10N6O. The highest BCUT2D eigenvalue weighted by molar-refractivity contribution is 5.67. The molecule has 90 valence electrons. The zero-order valence-corrected chi connectivity index (χ0v) is 9.61. The molecule has 0 saturated carbocycles. The highest BCUT2D eigenvalue weighted by Gasteiger charge is 2.09. The Morgan fingerprint density at radius 1 is 1.28 bits per heavy atom. The number of hydrogen-bond donors (Lipinski definition) is 1. The molecule has 0 bridgehead atoms. The van der Waals surface area contributed by atoms with Crippen LogP contribution < -0.4 is 10.5 Å². The maximum atomic E-state index is 5.73. The van der Waals surface area contributed by atoms with Gasteiger partial charge in [-0.3, -0.25) is 0 Å². The molecule has 3 rings (SSSR count). The maximum Gasteiger partial charge on any atom is 0.213 e. The smallest absolute Gasteiger partial charge is 0.213 e. The van der Waals surface area contributed by atoms with E-state index in [1.807, 2.05) is 6.07 Å². The number of rotatable bonds is 2. The summed E-state index contributed by atoms with van der Waals surface area (Å²) in [4.78, 5) is 12.2. The number of methoxy groups -OCH3 is 1. The molecule has 0 aliphatic heterocycles. The van der Waals surface area contributed by atoms with Crippen molar-refractivity contribution in [1.29, 1.82) is 0 Å². The first kappa shape index (κ1) is 10.5. The number of ether oxygens (including phenoxy) is 1. The van der Waals surface area contributed by atoms with Crippen LogP contribution in [-0.2, 0) is 0 Å². The molecule has 0 aliphatic carbocycles. The van der Waals surface area contributed by atoms with Gasteiger partial charge >= 0.3 is 0 Å². The summed E-state index contributed by atoms with van der Waals surface area (Å²) in [7, 11) is 1.57. The fourth-order valence-electron chi connectivity index (χ4n) is 1.71. The van der Waals surface area contributed by atoms with E-state index in [9.17, 15) is 0 Å². The van der Waals surface area contributed by atoms with E-state index in [2.05, 4.69) is 20.1 Å². The second-order valence-electron chi connectivity index (χ2n) is 3.61. The number of anilines is 1. The van der Waals surface area contributed by atoms with Crippen molar-refractivity contribution in [3.63, 3.8) is 0 Å². The molecule has 0 unspecified atom stereocenters. The van der Waals surface area contributed by atoms with Crippen molar-refractivity contribution in [2.45, 2.75) is 0 Å². The quantitative estimate of drug-likeness (QED) is 0.714. The van der Waals surface area contributed by atoms with Gasteiger partial charge in [0.1, 0.15) is 6.33 Å². The number of hydrogen-bond acceptors (Lipinski definition) is 6. The molecule has 0 atom stereocenters. The molecule has 3 aromatic rings. The molecule has 7 nitrogen and oxygen atoms in total. The van der Waals surface area contributed by atoms with Crippen LogP contribution in [-0.4, -0.2) is 31.7 Å². The first-order chi connectivity index (χ1) is 8.79. The number of pyridine rings is 1. The lowest BCUT2D eigenvalue weighted by Gasteiger charge is -2.06. The molecule has 2 N–H and O–H groups in total. The summed E-state index contributed by atoms with van der Waals surface area (Å²) in [6.07, 6.45) is 4.74. The molecule has 0 spiro atoms. The van der Waals surface area contributed by atoms with E-state index in [4.69, 9.17) is 10.5 Å². The number of nitrogens with two attached hydrogens (primary N) is 1.